The smallest absolute Gasteiger partial charge is 0.257 e. The lowest BCUT2D eigenvalue weighted by molar-refractivity contribution is 0.0790. The lowest BCUT2D eigenvalue weighted by Crippen LogP contribution is -2.29. The fourth-order valence-corrected chi connectivity index (χ4v) is 1.78. The van der Waals surface area contributed by atoms with E-state index in [-0.39, 0.29) is 11.3 Å². The molecule has 0 spiro atoms. The molecule has 1 atom stereocenters. The Kier molecular flexibility index (Phi) is 5.76. The standard InChI is InChI=1S/C13H17Cl2NO2/c1-9(14)6-7-16(2)13(17)11-5-4-10(15)8-12(11)18-3/h4-5,8-9H,6-7H2,1-3H3. The zero-order valence-electron chi connectivity index (χ0n) is 10.7. The maximum absolute atomic E-state index is 12.2. The number of halogens is 2. The lowest BCUT2D eigenvalue weighted by atomic mass is 10.1. The number of nitrogens with zero attached hydrogens (tertiary/aromatic N) is 1. The first-order chi connectivity index (χ1) is 8.45. The van der Waals surface area contributed by atoms with Crippen LogP contribution in [0.1, 0.15) is 23.7 Å². The fourth-order valence-electron chi connectivity index (χ4n) is 1.52. The van der Waals surface area contributed by atoms with Crippen molar-refractivity contribution in [1.29, 1.82) is 0 Å². The number of alkyl halides is 1. The van der Waals surface area contributed by atoms with Gasteiger partial charge in [0.1, 0.15) is 5.75 Å². The molecular formula is C13H17Cl2NO2. The summed E-state index contributed by atoms with van der Waals surface area (Å²) in [6.07, 6.45) is 0.750. The molecule has 5 heteroatoms. The van der Waals surface area contributed by atoms with Crippen molar-refractivity contribution in [2.45, 2.75) is 18.7 Å². The predicted octanol–water partition coefficient (Wildman–Crippen LogP) is 3.44. The number of rotatable bonds is 5. The van der Waals surface area contributed by atoms with Crippen LogP contribution in [0.5, 0.6) is 5.75 Å². The van der Waals surface area contributed by atoms with E-state index in [2.05, 4.69) is 0 Å². The number of hydrogen-bond acceptors (Lipinski definition) is 2. The third-order valence-electron chi connectivity index (χ3n) is 2.60. The van der Waals surface area contributed by atoms with Gasteiger partial charge in [-0.15, -0.1) is 11.6 Å². The molecule has 1 aromatic rings. The molecule has 0 N–H and O–H groups in total. The number of hydrogen-bond donors (Lipinski definition) is 0. The molecule has 3 nitrogen and oxygen atoms in total. The highest BCUT2D eigenvalue weighted by molar-refractivity contribution is 6.30. The maximum atomic E-state index is 12.2. The predicted molar refractivity (Wildman–Crippen MR) is 74.9 cm³/mol. The van der Waals surface area contributed by atoms with Crippen molar-refractivity contribution >= 4 is 29.1 Å². The summed E-state index contributed by atoms with van der Waals surface area (Å²) in [5.74, 6) is 0.388. The maximum Gasteiger partial charge on any atom is 0.257 e. The zero-order valence-corrected chi connectivity index (χ0v) is 12.3. The summed E-state index contributed by atoms with van der Waals surface area (Å²) in [4.78, 5) is 13.8. The average Bonchev–Trinajstić information content (AvgIpc) is 2.34. The number of methoxy groups -OCH3 is 1. The monoisotopic (exact) mass is 289 g/mol. The van der Waals surface area contributed by atoms with E-state index in [1.807, 2.05) is 6.92 Å². The second kappa shape index (κ2) is 6.86. The summed E-state index contributed by atoms with van der Waals surface area (Å²) < 4.78 is 5.17. The first-order valence-corrected chi connectivity index (χ1v) is 6.50. The van der Waals surface area contributed by atoms with Crippen LogP contribution in [0.15, 0.2) is 18.2 Å². The van der Waals surface area contributed by atoms with E-state index in [1.165, 1.54) is 7.11 Å². The van der Waals surface area contributed by atoms with Crippen molar-refractivity contribution in [1.82, 2.24) is 4.90 Å². The first-order valence-electron chi connectivity index (χ1n) is 5.68. The second-order valence-electron chi connectivity index (χ2n) is 4.14. The Morgan fingerprint density at radius 3 is 2.72 bits per heavy atom. The number of ether oxygens (including phenoxy) is 1. The number of amides is 1. The normalized spacial score (nSPS) is 12.1. The molecule has 1 rings (SSSR count). The average molecular weight is 290 g/mol. The molecular weight excluding hydrogens is 273 g/mol. The van der Waals surface area contributed by atoms with Crippen LogP contribution in [0, 0.1) is 0 Å². The molecule has 18 heavy (non-hydrogen) atoms. The molecule has 1 amide bonds. The van der Waals surface area contributed by atoms with E-state index in [0.29, 0.717) is 22.9 Å². The highest BCUT2D eigenvalue weighted by Crippen LogP contribution is 2.24. The number of benzene rings is 1. The topological polar surface area (TPSA) is 29.5 Å². The largest absolute Gasteiger partial charge is 0.496 e. The van der Waals surface area contributed by atoms with Gasteiger partial charge in [0.15, 0.2) is 0 Å². The molecule has 100 valence electrons. The second-order valence-corrected chi connectivity index (χ2v) is 5.32. The lowest BCUT2D eigenvalue weighted by Gasteiger charge is -2.19. The Morgan fingerprint density at radius 1 is 1.50 bits per heavy atom. The van der Waals surface area contributed by atoms with Crippen LogP contribution in [0.4, 0.5) is 0 Å². The third kappa shape index (κ3) is 4.07. The first kappa shape index (κ1) is 15.1. The molecule has 0 saturated carbocycles. The van der Waals surface area contributed by atoms with E-state index in [1.54, 1.807) is 30.1 Å². The summed E-state index contributed by atoms with van der Waals surface area (Å²) in [6, 6.07) is 4.98. The van der Waals surface area contributed by atoms with Gasteiger partial charge < -0.3 is 9.64 Å². The van der Waals surface area contributed by atoms with Gasteiger partial charge >= 0.3 is 0 Å². The van der Waals surface area contributed by atoms with Crippen LogP contribution >= 0.6 is 23.2 Å². The van der Waals surface area contributed by atoms with Gasteiger partial charge in [0.25, 0.3) is 5.91 Å². The Bertz CT molecular complexity index is 421. The zero-order chi connectivity index (χ0) is 13.7. The number of carbonyl (C=O) groups is 1. The minimum Gasteiger partial charge on any atom is -0.496 e. The molecule has 0 fully saturated rings. The molecule has 0 saturated heterocycles. The van der Waals surface area contributed by atoms with Gasteiger partial charge in [0.2, 0.25) is 0 Å². The van der Waals surface area contributed by atoms with Crippen LogP contribution in [-0.4, -0.2) is 36.9 Å². The van der Waals surface area contributed by atoms with Gasteiger partial charge in [-0.1, -0.05) is 11.6 Å². The Morgan fingerprint density at radius 2 is 2.17 bits per heavy atom. The van der Waals surface area contributed by atoms with Gasteiger partial charge in [-0.3, -0.25) is 4.79 Å². The van der Waals surface area contributed by atoms with Gasteiger partial charge in [0.05, 0.1) is 12.7 Å². The van der Waals surface area contributed by atoms with Gasteiger partial charge in [-0.05, 0) is 31.5 Å². The van der Waals surface area contributed by atoms with E-state index in [0.717, 1.165) is 6.42 Å². The van der Waals surface area contributed by atoms with Gasteiger partial charge in [0, 0.05) is 24.0 Å². The van der Waals surface area contributed by atoms with Crippen molar-refractivity contribution in [2.75, 3.05) is 20.7 Å². The summed E-state index contributed by atoms with van der Waals surface area (Å²) in [6.45, 7) is 2.51. The highest BCUT2D eigenvalue weighted by Gasteiger charge is 2.17. The molecule has 0 aliphatic rings. The van der Waals surface area contributed by atoms with E-state index >= 15 is 0 Å². The van der Waals surface area contributed by atoms with Crippen molar-refractivity contribution in [3.63, 3.8) is 0 Å². The fraction of sp³-hybridized carbons (Fsp3) is 0.462. The molecule has 0 radical (unpaired) electrons. The van der Waals surface area contributed by atoms with E-state index in [4.69, 9.17) is 27.9 Å². The SMILES string of the molecule is COc1cc(Cl)ccc1C(=O)N(C)CCC(C)Cl. The Balaban J connectivity index is 2.83. The van der Waals surface area contributed by atoms with Crippen LogP contribution in [-0.2, 0) is 0 Å². The molecule has 0 aliphatic carbocycles. The van der Waals surface area contributed by atoms with Crippen molar-refractivity contribution in [2.24, 2.45) is 0 Å². The van der Waals surface area contributed by atoms with E-state index < -0.39 is 0 Å². The van der Waals surface area contributed by atoms with Crippen LogP contribution in [0.25, 0.3) is 0 Å². The molecule has 0 heterocycles. The summed E-state index contributed by atoms with van der Waals surface area (Å²) in [5, 5.41) is 0.591. The Hall–Kier alpha value is -0.930. The Labute approximate surface area is 118 Å². The molecule has 0 bridgehead atoms. The summed E-state index contributed by atoms with van der Waals surface area (Å²) in [7, 11) is 3.26. The minimum absolute atomic E-state index is 0.0485. The van der Waals surface area contributed by atoms with Gasteiger partial charge in [-0.2, -0.15) is 0 Å². The molecule has 1 aromatic carbocycles. The molecule has 0 aromatic heterocycles. The van der Waals surface area contributed by atoms with Crippen LogP contribution in [0.3, 0.4) is 0 Å². The van der Waals surface area contributed by atoms with Gasteiger partial charge in [-0.25, -0.2) is 0 Å². The van der Waals surface area contributed by atoms with E-state index in [9.17, 15) is 4.79 Å². The van der Waals surface area contributed by atoms with Crippen molar-refractivity contribution in [3.05, 3.63) is 28.8 Å². The molecule has 1 unspecified atom stereocenters. The van der Waals surface area contributed by atoms with Crippen LogP contribution < -0.4 is 4.74 Å². The third-order valence-corrected chi connectivity index (χ3v) is 3.06. The highest BCUT2D eigenvalue weighted by atomic mass is 35.5. The van der Waals surface area contributed by atoms with Crippen LogP contribution in [0.2, 0.25) is 5.02 Å². The minimum atomic E-state index is -0.0965. The van der Waals surface area contributed by atoms with Crippen molar-refractivity contribution in [3.8, 4) is 5.75 Å². The summed E-state index contributed by atoms with van der Waals surface area (Å²) >= 11 is 11.7. The quantitative estimate of drug-likeness (QED) is 0.777. The summed E-state index contributed by atoms with van der Waals surface area (Å²) in [5.41, 5.74) is 0.506. The molecule has 0 aliphatic heterocycles. The number of carbonyl (C=O) groups excluding carboxylic acids is 1. The van der Waals surface area contributed by atoms with Crippen molar-refractivity contribution < 1.29 is 9.53 Å².